The van der Waals surface area contributed by atoms with E-state index in [0.717, 1.165) is 46.4 Å². The number of esters is 1. The fourth-order valence-corrected chi connectivity index (χ4v) is 5.75. The SMILES string of the molecule is CCc1ccc2c(OC(=O)C3C4C=C(C)C(C4)C3C(=O)O)c3cc(CC)ccc3cc2c1. The second kappa shape index (κ2) is 7.77. The zero-order valence-corrected chi connectivity index (χ0v) is 18.7. The van der Waals surface area contributed by atoms with Gasteiger partial charge in [-0.2, -0.15) is 0 Å². The first-order valence-electron chi connectivity index (χ1n) is 11.5. The van der Waals surface area contributed by atoms with E-state index in [2.05, 4.69) is 56.3 Å². The van der Waals surface area contributed by atoms with E-state index in [4.69, 9.17) is 4.74 Å². The van der Waals surface area contributed by atoms with Gasteiger partial charge in [-0.3, -0.25) is 9.59 Å². The largest absolute Gasteiger partial charge is 0.481 e. The maximum Gasteiger partial charge on any atom is 0.315 e. The number of aliphatic carboxylic acids is 1. The molecule has 5 rings (SSSR count). The Kier molecular flexibility index (Phi) is 5.04. The van der Waals surface area contributed by atoms with Gasteiger partial charge >= 0.3 is 11.9 Å². The van der Waals surface area contributed by atoms with Crippen molar-refractivity contribution in [1.82, 2.24) is 0 Å². The van der Waals surface area contributed by atoms with Crippen LogP contribution >= 0.6 is 0 Å². The molecule has 4 atom stereocenters. The van der Waals surface area contributed by atoms with E-state index in [1.54, 1.807) is 0 Å². The number of aryl methyl sites for hydroxylation is 2. The molecule has 3 aromatic carbocycles. The summed E-state index contributed by atoms with van der Waals surface area (Å²) in [5, 5.41) is 13.7. The molecule has 0 aromatic heterocycles. The van der Waals surface area contributed by atoms with Crippen molar-refractivity contribution in [2.24, 2.45) is 23.7 Å². The van der Waals surface area contributed by atoms with E-state index in [1.807, 2.05) is 13.0 Å². The fourth-order valence-electron chi connectivity index (χ4n) is 5.75. The first kappa shape index (κ1) is 20.7. The predicted octanol–water partition coefficient (Wildman–Crippen LogP) is 5.94. The highest BCUT2D eigenvalue weighted by Crippen LogP contribution is 2.52. The number of hydrogen-bond donors (Lipinski definition) is 1. The number of carbonyl (C=O) groups excluding carboxylic acids is 1. The smallest absolute Gasteiger partial charge is 0.315 e. The Morgan fingerprint density at radius 3 is 2.38 bits per heavy atom. The topological polar surface area (TPSA) is 63.6 Å². The summed E-state index contributed by atoms with van der Waals surface area (Å²) in [6, 6.07) is 14.6. The molecule has 4 heteroatoms. The minimum absolute atomic E-state index is 0.0623. The molecule has 2 bridgehead atoms. The highest BCUT2D eigenvalue weighted by atomic mass is 16.5. The number of carboxylic acid groups (broad SMARTS) is 1. The summed E-state index contributed by atoms with van der Waals surface area (Å²) in [7, 11) is 0. The molecule has 0 aliphatic heterocycles. The van der Waals surface area contributed by atoms with Crippen molar-refractivity contribution in [3.8, 4) is 5.75 Å². The second-order valence-corrected chi connectivity index (χ2v) is 9.25. The Hall–Kier alpha value is -3.14. The summed E-state index contributed by atoms with van der Waals surface area (Å²) in [5.74, 6) is -2.27. The fraction of sp³-hybridized carbons (Fsp3) is 0.357. The van der Waals surface area contributed by atoms with Crippen LogP contribution in [0.15, 0.2) is 54.1 Å². The van der Waals surface area contributed by atoms with E-state index < -0.39 is 23.8 Å². The van der Waals surface area contributed by atoms with Gasteiger partial charge in [0.15, 0.2) is 0 Å². The molecule has 0 spiro atoms. The van der Waals surface area contributed by atoms with E-state index in [9.17, 15) is 14.7 Å². The van der Waals surface area contributed by atoms with Crippen molar-refractivity contribution in [2.75, 3.05) is 0 Å². The number of carbonyl (C=O) groups is 2. The van der Waals surface area contributed by atoms with E-state index in [1.165, 1.54) is 11.1 Å². The number of rotatable bonds is 5. The quantitative estimate of drug-likeness (QED) is 0.237. The zero-order valence-electron chi connectivity index (χ0n) is 18.7. The monoisotopic (exact) mass is 428 g/mol. The van der Waals surface area contributed by atoms with Crippen molar-refractivity contribution in [2.45, 2.75) is 40.0 Å². The number of allylic oxidation sites excluding steroid dienone is 2. The number of fused-ring (bicyclic) bond motifs is 4. The summed E-state index contributed by atoms with van der Waals surface area (Å²) in [5.41, 5.74) is 3.47. The third-order valence-electron chi connectivity index (χ3n) is 7.48. The van der Waals surface area contributed by atoms with Crippen LogP contribution in [-0.2, 0) is 22.4 Å². The Morgan fingerprint density at radius 1 is 0.938 bits per heavy atom. The zero-order chi connectivity index (χ0) is 22.6. The third-order valence-corrected chi connectivity index (χ3v) is 7.48. The van der Waals surface area contributed by atoms with Crippen molar-refractivity contribution in [3.63, 3.8) is 0 Å². The minimum atomic E-state index is -0.907. The lowest BCUT2D eigenvalue weighted by atomic mass is 9.80. The van der Waals surface area contributed by atoms with Crippen molar-refractivity contribution in [3.05, 3.63) is 65.2 Å². The molecular formula is C28H28O4. The second-order valence-electron chi connectivity index (χ2n) is 9.25. The third kappa shape index (κ3) is 3.21. The molecule has 2 aliphatic carbocycles. The normalized spacial score (nSPS) is 24.2. The molecule has 2 aliphatic rings. The average molecular weight is 429 g/mol. The van der Waals surface area contributed by atoms with Crippen LogP contribution < -0.4 is 4.74 Å². The van der Waals surface area contributed by atoms with Gasteiger partial charge < -0.3 is 9.84 Å². The van der Waals surface area contributed by atoms with Gasteiger partial charge in [0.2, 0.25) is 0 Å². The van der Waals surface area contributed by atoms with Crippen LogP contribution in [0, 0.1) is 23.7 Å². The van der Waals surface area contributed by atoms with Gasteiger partial charge in [-0.25, -0.2) is 0 Å². The molecule has 0 amide bonds. The summed E-state index contributed by atoms with van der Waals surface area (Å²) in [6.07, 6.45) is 4.60. The molecule has 1 saturated carbocycles. The number of hydrogen-bond acceptors (Lipinski definition) is 3. The van der Waals surface area contributed by atoms with Crippen LogP contribution in [0.5, 0.6) is 5.75 Å². The van der Waals surface area contributed by atoms with E-state index in [-0.39, 0.29) is 11.8 Å². The summed E-state index contributed by atoms with van der Waals surface area (Å²) >= 11 is 0. The van der Waals surface area contributed by atoms with Crippen molar-refractivity contribution in [1.29, 1.82) is 0 Å². The average Bonchev–Trinajstić information content (AvgIpc) is 3.35. The van der Waals surface area contributed by atoms with E-state index in [0.29, 0.717) is 5.75 Å². The Balaban J connectivity index is 1.63. The highest BCUT2D eigenvalue weighted by molar-refractivity contribution is 6.07. The molecule has 0 radical (unpaired) electrons. The molecule has 0 heterocycles. The molecule has 164 valence electrons. The van der Waals surface area contributed by atoms with Crippen LogP contribution in [0.4, 0.5) is 0 Å². The molecule has 3 aromatic rings. The molecule has 4 nitrogen and oxygen atoms in total. The Labute approximate surface area is 187 Å². The molecule has 0 saturated heterocycles. The van der Waals surface area contributed by atoms with Crippen LogP contribution in [0.25, 0.3) is 21.5 Å². The van der Waals surface area contributed by atoms with Gasteiger partial charge in [-0.15, -0.1) is 0 Å². The molecule has 4 unspecified atom stereocenters. The minimum Gasteiger partial charge on any atom is -0.481 e. The highest BCUT2D eigenvalue weighted by Gasteiger charge is 2.54. The van der Waals surface area contributed by atoms with E-state index >= 15 is 0 Å². The van der Waals surface area contributed by atoms with Crippen LogP contribution in [-0.4, -0.2) is 17.0 Å². The Morgan fingerprint density at radius 2 is 1.66 bits per heavy atom. The van der Waals surface area contributed by atoms with Gasteiger partial charge in [0, 0.05) is 10.8 Å². The van der Waals surface area contributed by atoms with Crippen LogP contribution in [0.1, 0.15) is 38.3 Å². The predicted molar refractivity (Wildman–Crippen MR) is 126 cm³/mol. The van der Waals surface area contributed by atoms with Gasteiger partial charge in [-0.1, -0.05) is 55.8 Å². The first-order chi connectivity index (χ1) is 15.4. The summed E-state index contributed by atoms with van der Waals surface area (Å²) in [4.78, 5) is 25.5. The lowest BCUT2D eigenvalue weighted by Gasteiger charge is -2.26. The molecule has 1 fully saturated rings. The molecule has 1 N–H and O–H groups in total. The molecular weight excluding hydrogens is 400 g/mol. The number of benzene rings is 3. The van der Waals surface area contributed by atoms with Gasteiger partial charge in [0.05, 0.1) is 11.8 Å². The van der Waals surface area contributed by atoms with Gasteiger partial charge in [-0.05, 0) is 72.1 Å². The summed E-state index contributed by atoms with van der Waals surface area (Å²) in [6.45, 7) is 6.19. The number of carboxylic acids is 1. The van der Waals surface area contributed by atoms with Crippen molar-refractivity contribution >= 4 is 33.5 Å². The Bertz CT molecular complexity index is 1290. The standard InChI is InChI=1S/C28H28O4/c1-4-16-7-9-21-19(11-16)13-18-8-6-17(5-2)12-23(18)26(21)32-28(31)24-20-10-15(3)22(14-20)25(24)27(29)30/h6-13,20,22,24-25H,4-5,14H2,1-3H3,(H,29,30). The maximum atomic E-state index is 13.5. The maximum absolute atomic E-state index is 13.5. The van der Waals surface area contributed by atoms with Crippen molar-refractivity contribution < 1.29 is 19.4 Å². The lowest BCUT2D eigenvalue weighted by Crippen LogP contribution is -2.36. The van der Waals surface area contributed by atoms with Gasteiger partial charge in [0.1, 0.15) is 5.75 Å². The lowest BCUT2D eigenvalue weighted by molar-refractivity contribution is -0.152. The van der Waals surface area contributed by atoms with Gasteiger partial charge in [0.25, 0.3) is 0 Å². The summed E-state index contributed by atoms with van der Waals surface area (Å²) < 4.78 is 6.13. The van der Waals surface area contributed by atoms with Crippen LogP contribution in [0.3, 0.4) is 0 Å². The first-order valence-corrected chi connectivity index (χ1v) is 11.5. The molecule has 32 heavy (non-hydrogen) atoms. The number of ether oxygens (including phenoxy) is 1. The van der Waals surface area contributed by atoms with Crippen LogP contribution in [0.2, 0.25) is 0 Å².